The first-order chi connectivity index (χ1) is 6.77. The van der Waals surface area contributed by atoms with E-state index >= 15 is 0 Å². The number of hydrogen-bond donors (Lipinski definition) is 0. The first-order valence-electron chi connectivity index (χ1n) is 5.75. The molecule has 0 fully saturated rings. The molecule has 1 rings (SSSR count). The third-order valence-corrected chi connectivity index (χ3v) is 2.71. The molecular formula is C12H21NO. The minimum Gasteiger partial charge on any atom is -0.377 e. The number of nitrogens with zero attached hydrogens (tertiary/aromatic N) is 1. The Balaban J connectivity index is 2.50. The van der Waals surface area contributed by atoms with E-state index < -0.39 is 0 Å². The highest BCUT2D eigenvalue weighted by atomic mass is 16.1. The number of unbranched alkanes of at least 4 members (excludes halogenated alkanes) is 1. The summed E-state index contributed by atoms with van der Waals surface area (Å²) in [6, 6.07) is 0. The molecule has 2 heteroatoms. The fraction of sp³-hybridized carbons (Fsp3) is 0.750. The van der Waals surface area contributed by atoms with Crippen molar-refractivity contribution in [3.8, 4) is 0 Å². The molecule has 0 aromatic carbocycles. The Morgan fingerprint density at radius 1 is 1.50 bits per heavy atom. The Bertz CT molecular complexity index is 220. The molecule has 0 spiro atoms. The van der Waals surface area contributed by atoms with Crippen LogP contribution < -0.4 is 0 Å². The summed E-state index contributed by atoms with van der Waals surface area (Å²) in [4.78, 5) is 13.8. The summed E-state index contributed by atoms with van der Waals surface area (Å²) in [5.41, 5.74) is 1.04. The quantitative estimate of drug-likeness (QED) is 0.672. The molecule has 14 heavy (non-hydrogen) atoms. The van der Waals surface area contributed by atoms with E-state index in [1.807, 2.05) is 6.92 Å². The fourth-order valence-electron chi connectivity index (χ4n) is 1.80. The normalized spacial score (nSPS) is 16.7. The van der Waals surface area contributed by atoms with E-state index in [9.17, 15) is 4.79 Å². The number of allylic oxidation sites excluding steroid dienone is 1. The molecule has 0 bridgehead atoms. The molecule has 2 nitrogen and oxygen atoms in total. The summed E-state index contributed by atoms with van der Waals surface area (Å²) in [5.74, 6) is 0.325. The number of rotatable bonds is 5. The summed E-state index contributed by atoms with van der Waals surface area (Å²) in [7, 11) is 0. The van der Waals surface area contributed by atoms with Gasteiger partial charge in [-0.1, -0.05) is 20.3 Å². The zero-order valence-corrected chi connectivity index (χ0v) is 9.38. The smallest absolute Gasteiger partial charge is 0.160 e. The van der Waals surface area contributed by atoms with Gasteiger partial charge in [-0.05, 0) is 19.3 Å². The van der Waals surface area contributed by atoms with E-state index in [2.05, 4.69) is 18.0 Å². The van der Waals surface area contributed by atoms with E-state index in [-0.39, 0.29) is 0 Å². The van der Waals surface area contributed by atoms with Crippen LogP contribution in [0.25, 0.3) is 0 Å². The monoisotopic (exact) mass is 195 g/mol. The topological polar surface area (TPSA) is 20.3 Å². The van der Waals surface area contributed by atoms with Gasteiger partial charge >= 0.3 is 0 Å². The lowest BCUT2D eigenvalue weighted by Crippen LogP contribution is -2.25. The zero-order valence-electron chi connectivity index (χ0n) is 9.38. The van der Waals surface area contributed by atoms with Crippen LogP contribution in [0.5, 0.6) is 0 Å². The minimum absolute atomic E-state index is 0.325. The van der Waals surface area contributed by atoms with Crippen LogP contribution in [0.4, 0.5) is 0 Å². The highest BCUT2D eigenvalue weighted by Crippen LogP contribution is 2.16. The molecule has 0 saturated carbocycles. The predicted octanol–water partition coefficient (Wildman–Crippen LogP) is 2.75. The lowest BCUT2D eigenvalue weighted by Gasteiger charge is -2.26. The van der Waals surface area contributed by atoms with Gasteiger partial charge < -0.3 is 4.90 Å². The van der Waals surface area contributed by atoms with Gasteiger partial charge in [0.2, 0.25) is 0 Å². The average molecular weight is 195 g/mol. The van der Waals surface area contributed by atoms with Crippen molar-refractivity contribution in [3.63, 3.8) is 0 Å². The average Bonchev–Trinajstić information content (AvgIpc) is 2.25. The number of hydrogen-bond acceptors (Lipinski definition) is 2. The van der Waals surface area contributed by atoms with Crippen molar-refractivity contribution < 1.29 is 4.79 Å². The van der Waals surface area contributed by atoms with Crippen molar-refractivity contribution in [1.82, 2.24) is 4.90 Å². The molecule has 0 saturated heterocycles. The van der Waals surface area contributed by atoms with Crippen LogP contribution >= 0.6 is 0 Å². The molecule has 80 valence electrons. The van der Waals surface area contributed by atoms with Gasteiger partial charge in [0.05, 0.1) is 0 Å². The van der Waals surface area contributed by atoms with Crippen molar-refractivity contribution in [3.05, 3.63) is 11.8 Å². The molecule has 0 radical (unpaired) electrons. The highest BCUT2D eigenvalue weighted by Gasteiger charge is 2.14. The number of carbonyl (C=O) groups is 1. The van der Waals surface area contributed by atoms with Crippen molar-refractivity contribution in [2.45, 2.75) is 46.0 Å². The molecule has 1 heterocycles. The van der Waals surface area contributed by atoms with Crippen molar-refractivity contribution in [2.75, 3.05) is 13.1 Å². The second kappa shape index (κ2) is 5.84. The molecule has 0 aromatic rings. The molecule has 1 aliphatic rings. The standard InChI is InChI=1S/C12H21NO/c1-3-5-8-13-9-6-7-11(10-13)12(14)4-2/h10H,3-9H2,1-2H3. The van der Waals surface area contributed by atoms with Crippen LogP contribution in [-0.2, 0) is 4.79 Å². The van der Waals surface area contributed by atoms with Crippen LogP contribution in [0.1, 0.15) is 46.0 Å². The summed E-state index contributed by atoms with van der Waals surface area (Å²) in [5, 5.41) is 0. The maximum atomic E-state index is 11.5. The summed E-state index contributed by atoms with van der Waals surface area (Å²) >= 11 is 0. The number of carbonyl (C=O) groups excluding carboxylic acids is 1. The molecular weight excluding hydrogens is 174 g/mol. The Hall–Kier alpha value is -0.790. The van der Waals surface area contributed by atoms with Gasteiger partial charge in [0.25, 0.3) is 0 Å². The highest BCUT2D eigenvalue weighted by molar-refractivity contribution is 5.95. The van der Waals surface area contributed by atoms with Gasteiger partial charge in [-0.15, -0.1) is 0 Å². The van der Waals surface area contributed by atoms with E-state index in [1.54, 1.807) is 0 Å². The number of ketones is 1. The third kappa shape index (κ3) is 3.17. The van der Waals surface area contributed by atoms with Crippen LogP contribution in [0, 0.1) is 0 Å². The fourth-order valence-corrected chi connectivity index (χ4v) is 1.80. The Labute approximate surface area is 87.0 Å². The molecule has 0 unspecified atom stereocenters. The van der Waals surface area contributed by atoms with E-state index in [0.717, 1.165) is 31.5 Å². The number of Topliss-reactive ketones (excluding diaryl/α,β-unsaturated/α-hetero) is 1. The van der Waals surface area contributed by atoms with Crippen molar-refractivity contribution >= 4 is 5.78 Å². The minimum atomic E-state index is 0.325. The second-order valence-electron chi connectivity index (χ2n) is 3.92. The van der Waals surface area contributed by atoms with Gasteiger partial charge in [-0.2, -0.15) is 0 Å². The predicted molar refractivity (Wildman–Crippen MR) is 59.1 cm³/mol. The first kappa shape index (κ1) is 11.3. The Morgan fingerprint density at radius 3 is 2.93 bits per heavy atom. The second-order valence-corrected chi connectivity index (χ2v) is 3.92. The van der Waals surface area contributed by atoms with Crippen LogP contribution in [0.2, 0.25) is 0 Å². The van der Waals surface area contributed by atoms with Gasteiger partial charge in [0.15, 0.2) is 5.78 Å². The van der Waals surface area contributed by atoms with E-state index in [0.29, 0.717) is 12.2 Å². The van der Waals surface area contributed by atoms with E-state index in [4.69, 9.17) is 0 Å². The van der Waals surface area contributed by atoms with Crippen LogP contribution in [-0.4, -0.2) is 23.8 Å². The molecule has 0 aromatic heterocycles. The maximum absolute atomic E-state index is 11.5. The van der Waals surface area contributed by atoms with Crippen molar-refractivity contribution in [1.29, 1.82) is 0 Å². The molecule has 0 aliphatic carbocycles. The summed E-state index contributed by atoms with van der Waals surface area (Å²) < 4.78 is 0. The molecule has 1 aliphatic heterocycles. The lowest BCUT2D eigenvalue weighted by molar-refractivity contribution is -0.115. The van der Waals surface area contributed by atoms with Gasteiger partial charge in [0, 0.05) is 31.3 Å². The van der Waals surface area contributed by atoms with Gasteiger partial charge in [0.1, 0.15) is 0 Å². The summed E-state index contributed by atoms with van der Waals surface area (Å²) in [6.07, 6.45) is 7.31. The SMILES string of the molecule is CCCCN1C=C(C(=O)CC)CCC1. The summed E-state index contributed by atoms with van der Waals surface area (Å²) in [6.45, 7) is 6.37. The Morgan fingerprint density at radius 2 is 2.29 bits per heavy atom. The zero-order chi connectivity index (χ0) is 10.4. The van der Waals surface area contributed by atoms with Crippen molar-refractivity contribution in [2.24, 2.45) is 0 Å². The largest absolute Gasteiger partial charge is 0.377 e. The maximum Gasteiger partial charge on any atom is 0.160 e. The Kier molecular flexibility index (Phi) is 4.71. The lowest BCUT2D eigenvalue weighted by atomic mass is 10.0. The third-order valence-electron chi connectivity index (χ3n) is 2.71. The molecule has 0 N–H and O–H groups in total. The van der Waals surface area contributed by atoms with E-state index in [1.165, 1.54) is 12.8 Å². The first-order valence-corrected chi connectivity index (χ1v) is 5.75. The molecule has 0 amide bonds. The molecule has 0 atom stereocenters. The van der Waals surface area contributed by atoms with Gasteiger partial charge in [-0.25, -0.2) is 0 Å². The van der Waals surface area contributed by atoms with Crippen LogP contribution in [0.15, 0.2) is 11.8 Å². The van der Waals surface area contributed by atoms with Gasteiger partial charge in [-0.3, -0.25) is 4.79 Å². The van der Waals surface area contributed by atoms with Crippen LogP contribution in [0.3, 0.4) is 0 Å².